The second-order valence-corrected chi connectivity index (χ2v) is 6.54. The summed E-state index contributed by atoms with van der Waals surface area (Å²) in [7, 11) is 0. The summed E-state index contributed by atoms with van der Waals surface area (Å²) in [5.41, 5.74) is 1.74. The van der Waals surface area contributed by atoms with Crippen molar-refractivity contribution in [1.82, 2.24) is 10.2 Å². The highest BCUT2D eigenvalue weighted by molar-refractivity contribution is 9.10. The van der Waals surface area contributed by atoms with Crippen molar-refractivity contribution < 1.29 is 13.6 Å². The first kappa shape index (κ1) is 17.2. The van der Waals surface area contributed by atoms with Crippen molar-refractivity contribution in [2.45, 2.75) is 5.92 Å². The number of hydrogen-bond acceptors (Lipinski definition) is 5. The van der Waals surface area contributed by atoms with Gasteiger partial charge in [-0.15, -0.1) is 5.10 Å². The molecule has 0 bridgehead atoms. The number of nitrogens with one attached hydrogen (secondary N) is 1. The van der Waals surface area contributed by atoms with Crippen LogP contribution in [0.5, 0.6) is 0 Å². The van der Waals surface area contributed by atoms with E-state index in [2.05, 4.69) is 31.4 Å². The Bertz CT molecular complexity index is 1010. The molecule has 0 saturated heterocycles. The van der Waals surface area contributed by atoms with Gasteiger partial charge >= 0.3 is 6.01 Å². The topological polar surface area (TPSA) is 81.2 Å². The molecule has 1 N–H and O–H groups in total. The second kappa shape index (κ2) is 7.59. The van der Waals surface area contributed by atoms with Crippen LogP contribution in [-0.4, -0.2) is 16.1 Å². The molecule has 2 aromatic heterocycles. The zero-order chi connectivity index (χ0) is 18.6. The van der Waals surface area contributed by atoms with Gasteiger partial charge in [-0.25, -0.2) is 0 Å². The van der Waals surface area contributed by atoms with Gasteiger partial charge in [0.2, 0.25) is 5.91 Å². The molecule has 134 valence electrons. The molecule has 27 heavy (non-hydrogen) atoms. The molecule has 2 heterocycles. The molecule has 1 amide bonds. The van der Waals surface area contributed by atoms with Crippen LogP contribution in [0.25, 0.3) is 11.7 Å². The molecule has 0 aliphatic heterocycles. The van der Waals surface area contributed by atoms with Crippen molar-refractivity contribution in [3.63, 3.8) is 0 Å². The van der Waals surface area contributed by atoms with Crippen LogP contribution in [0, 0.1) is 0 Å². The fraction of sp³-hybridized carbons (Fsp3) is 0.0500. The summed E-state index contributed by atoms with van der Waals surface area (Å²) in [5, 5.41) is 10.5. The molecule has 4 aromatic rings. The standard InChI is InChI=1S/C20H14BrN3O3/c21-16-12-11-15(26-16)19-23-24-20(27-19)22-18(25)17(13-7-3-1-4-8-13)14-9-5-2-6-10-14/h1-12,17H,(H,22,24,25). The SMILES string of the molecule is O=C(Nc1nnc(-c2ccc(Br)o2)o1)C(c1ccccc1)c1ccccc1. The van der Waals surface area contributed by atoms with Gasteiger partial charge in [0.1, 0.15) is 0 Å². The van der Waals surface area contributed by atoms with Crippen LogP contribution in [0.15, 0.2) is 86.3 Å². The average molecular weight is 424 g/mol. The Kier molecular flexibility index (Phi) is 4.84. The highest BCUT2D eigenvalue weighted by atomic mass is 79.9. The molecular weight excluding hydrogens is 410 g/mol. The minimum Gasteiger partial charge on any atom is -0.444 e. The number of carbonyl (C=O) groups is 1. The number of furan rings is 1. The molecular formula is C20H14BrN3O3. The lowest BCUT2D eigenvalue weighted by atomic mass is 9.90. The van der Waals surface area contributed by atoms with Crippen molar-refractivity contribution >= 4 is 27.9 Å². The van der Waals surface area contributed by atoms with Crippen LogP contribution in [0.1, 0.15) is 17.0 Å². The van der Waals surface area contributed by atoms with Crippen LogP contribution in [0.3, 0.4) is 0 Å². The van der Waals surface area contributed by atoms with Crippen molar-refractivity contribution in [3.8, 4) is 11.7 Å². The molecule has 7 heteroatoms. The number of hydrogen-bond donors (Lipinski definition) is 1. The molecule has 0 aliphatic rings. The van der Waals surface area contributed by atoms with E-state index in [0.717, 1.165) is 11.1 Å². The quantitative estimate of drug-likeness (QED) is 0.495. The number of benzene rings is 2. The number of amides is 1. The Morgan fingerprint density at radius 2 is 1.48 bits per heavy atom. The number of carbonyl (C=O) groups excluding carboxylic acids is 1. The number of nitrogens with zero attached hydrogens (tertiary/aromatic N) is 2. The van der Waals surface area contributed by atoms with Crippen molar-refractivity contribution in [2.24, 2.45) is 0 Å². The van der Waals surface area contributed by atoms with Gasteiger partial charge in [-0.2, -0.15) is 0 Å². The van der Waals surface area contributed by atoms with Crippen LogP contribution in [0.4, 0.5) is 6.01 Å². The monoisotopic (exact) mass is 423 g/mol. The predicted octanol–water partition coefficient (Wildman–Crippen LogP) is 4.86. The van der Waals surface area contributed by atoms with Gasteiger partial charge in [-0.1, -0.05) is 65.8 Å². The van der Waals surface area contributed by atoms with Gasteiger partial charge in [0, 0.05) is 0 Å². The normalized spacial score (nSPS) is 10.9. The fourth-order valence-electron chi connectivity index (χ4n) is 2.77. The summed E-state index contributed by atoms with van der Waals surface area (Å²) < 4.78 is 11.4. The van der Waals surface area contributed by atoms with Gasteiger partial charge in [-0.3, -0.25) is 10.1 Å². The summed E-state index contributed by atoms with van der Waals surface area (Å²) in [5.74, 6) is -0.159. The molecule has 4 rings (SSSR count). The number of halogens is 1. The van der Waals surface area contributed by atoms with Crippen molar-refractivity contribution in [1.29, 1.82) is 0 Å². The lowest BCUT2D eigenvalue weighted by molar-refractivity contribution is -0.116. The third kappa shape index (κ3) is 3.83. The molecule has 0 spiro atoms. The van der Waals surface area contributed by atoms with E-state index in [1.54, 1.807) is 12.1 Å². The highest BCUT2D eigenvalue weighted by Gasteiger charge is 2.24. The van der Waals surface area contributed by atoms with E-state index in [1.165, 1.54) is 0 Å². The summed E-state index contributed by atoms with van der Waals surface area (Å²) in [4.78, 5) is 13.0. The summed E-state index contributed by atoms with van der Waals surface area (Å²) in [6.07, 6.45) is 0. The van der Waals surface area contributed by atoms with E-state index in [-0.39, 0.29) is 17.8 Å². The Morgan fingerprint density at radius 1 is 0.852 bits per heavy atom. The number of rotatable bonds is 5. The van der Waals surface area contributed by atoms with Crippen molar-refractivity contribution in [2.75, 3.05) is 5.32 Å². The van der Waals surface area contributed by atoms with E-state index in [1.807, 2.05) is 60.7 Å². The van der Waals surface area contributed by atoms with E-state index >= 15 is 0 Å². The maximum atomic E-state index is 13.0. The van der Waals surface area contributed by atoms with Crippen LogP contribution >= 0.6 is 15.9 Å². The van der Waals surface area contributed by atoms with Gasteiger partial charge in [0.05, 0.1) is 5.92 Å². The van der Waals surface area contributed by atoms with Gasteiger partial charge in [0.25, 0.3) is 5.89 Å². The lowest BCUT2D eigenvalue weighted by Gasteiger charge is -2.16. The molecule has 6 nitrogen and oxygen atoms in total. The molecule has 0 atom stereocenters. The summed E-state index contributed by atoms with van der Waals surface area (Å²) in [6.45, 7) is 0. The largest absolute Gasteiger partial charge is 0.444 e. The summed E-state index contributed by atoms with van der Waals surface area (Å²) in [6, 6.07) is 22.5. The molecule has 0 fully saturated rings. The Balaban J connectivity index is 1.60. The van der Waals surface area contributed by atoms with Crippen LogP contribution in [-0.2, 0) is 4.79 Å². The summed E-state index contributed by atoms with van der Waals surface area (Å²) >= 11 is 3.22. The first-order chi connectivity index (χ1) is 13.2. The predicted molar refractivity (Wildman–Crippen MR) is 103 cm³/mol. The fourth-order valence-corrected chi connectivity index (χ4v) is 3.07. The molecule has 0 radical (unpaired) electrons. The molecule has 0 saturated carbocycles. The molecule has 0 unspecified atom stereocenters. The lowest BCUT2D eigenvalue weighted by Crippen LogP contribution is -2.22. The zero-order valence-corrected chi connectivity index (χ0v) is 15.6. The number of anilines is 1. The second-order valence-electron chi connectivity index (χ2n) is 5.76. The third-order valence-corrected chi connectivity index (χ3v) is 4.39. The van der Waals surface area contributed by atoms with E-state index in [4.69, 9.17) is 8.83 Å². The van der Waals surface area contributed by atoms with Crippen LogP contribution < -0.4 is 5.32 Å². The molecule has 0 aliphatic carbocycles. The minimum absolute atomic E-state index is 0.0133. The maximum absolute atomic E-state index is 13.0. The maximum Gasteiger partial charge on any atom is 0.322 e. The number of aromatic nitrogens is 2. The first-order valence-electron chi connectivity index (χ1n) is 8.20. The Hall–Kier alpha value is -3.19. The smallest absolute Gasteiger partial charge is 0.322 e. The van der Waals surface area contributed by atoms with Gasteiger partial charge < -0.3 is 8.83 Å². The van der Waals surface area contributed by atoms with E-state index < -0.39 is 5.92 Å². The first-order valence-corrected chi connectivity index (χ1v) is 9.00. The Labute approximate surface area is 163 Å². The van der Waals surface area contributed by atoms with Gasteiger partial charge in [0.15, 0.2) is 10.4 Å². The Morgan fingerprint density at radius 3 is 2.04 bits per heavy atom. The minimum atomic E-state index is -0.500. The average Bonchev–Trinajstić information content (AvgIpc) is 3.33. The third-order valence-electron chi connectivity index (χ3n) is 3.97. The van der Waals surface area contributed by atoms with E-state index in [0.29, 0.717) is 10.4 Å². The molecule has 2 aromatic carbocycles. The zero-order valence-electron chi connectivity index (χ0n) is 14.0. The highest BCUT2D eigenvalue weighted by Crippen LogP contribution is 2.28. The van der Waals surface area contributed by atoms with Gasteiger partial charge in [-0.05, 0) is 39.2 Å². The van der Waals surface area contributed by atoms with Crippen LogP contribution in [0.2, 0.25) is 0 Å². The van der Waals surface area contributed by atoms with Crippen molar-refractivity contribution in [3.05, 3.63) is 88.6 Å². The van der Waals surface area contributed by atoms with E-state index in [9.17, 15) is 4.79 Å².